The van der Waals surface area contributed by atoms with Gasteiger partial charge in [-0.05, 0) is 47.5 Å². The topological polar surface area (TPSA) is 65.3 Å². The van der Waals surface area contributed by atoms with Gasteiger partial charge in [0.2, 0.25) is 5.88 Å². The number of hydrogen-bond donors (Lipinski definition) is 0. The van der Waals surface area contributed by atoms with Crippen LogP contribution < -0.4 is 14.4 Å². The average Bonchev–Trinajstić information content (AvgIpc) is 3.25. The molecule has 0 aliphatic heterocycles. The number of halogens is 1. The summed E-state index contributed by atoms with van der Waals surface area (Å²) in [6, 6.07) is 21.8. The first kappa shape index (κ1) is 23.6. The van der Waals surface area contributed by atoms with Gasteiger partial charge in [-0.15, -0.1) is 0 Å². The molecular weight excluding hydrogens is 474 g/mol. The van der Waals surface area contributed by atoms with Crippen molar-refractivity contribution in [3.8, 4) is 22.8 Å². The number of benzene rings is 2. The first-order valence-corrected chi connectivity index (χ1v) is 11.9. The molecule has 0 saturated carbocycles. The quantitative estimate of drug-likeness (QED) is 0.267. The van der Waals surface area contributed by atoms with Crippen molar-refractivity contribution in [1.29, 1.82) is 0 Å². The predicted molar refractivity (Wildman–Crippen MR) is 143 cm³/mol. The molecule has 0 aliphatic rings. The Morgan fingerprint density at radius 3 is 2.44 bits per heavy atom. The number of rotatable bonds is 8. The number of nitrogens with zero attached hydrogens (tertiary/aromatic N) is 5. The van der Waals surface area contributed by atoms with Crippen molar-refractivity contribution in [2.75, 3.05) is 26.1 Å². The van der Waals surface area contributed by atoms with Crippen LogP contribution in [0.2, 0.25) is 5.02 Å². The number of aromatic nitrogens is 4. The second kappa shape index (κ2) is 10.3. The fourth-order valence-corrected chi connectivity index (χ4v) is 4.17. The fraction of sp³-hybridized carbons (Fsp3) is 0.179. The molecular formula is C28H26ClN5O2. The highest BCUT2D eigenvalue weighted by atomic mass is 35.5. The molecule has 3 aromatic heterocycles. The van der Waals surface area contributed by atoms with Crippen LogP contribution in [0.1, 0.15) is 11.4 Å². The molecule has 182 valence electrons. The van der Waals surface area contributed by atoms with Gasteiger partial charge < -0.3 is 18.9 Å². The van der Waals surface area contributed by atoms with E-state index in [2.05, 4.69) is 32.7 Å². The van der Waals surface area contributed by atoms with E-state index in [0.717, 1.165) is 39.4 Å². The zero-order chi connectivity index (χ0) is 25.1. The maximum absolute atomic E-state index is 6.52. The Balaban J connectivity index is 1.52. The maximum Gasteiger partial charge on any atom is 0.213 e. The Morgan fingerprint density at radius 2 is 1.75 bits per heavy atom. The van der Waals surface area contributed by atoms with E-state index in [1.807, 2.05) is 67.7 Å². The number of pyridine rings is 2. The highest BCUT2D eigenvalue weighted by molar-refractivity contribution is 6.31. The summed E-state index contributed by atoms with van der Waals surface area (Å²) in [4.78, 5) is 15.7. The Labute approximate surface area is 214 Å². The minimum Gasteiger partial charge on any atom is -0.484 e. The van der Waals surface area contributed by atoms with Crippen molar-refractivity contribution in [3.05, 3.63) is 95.5 Å². The van der Waals surface area contributed by atoms with E-state index in [4.69, 9.17) is 26.1 Å². The van der Waals surface area contributed by atoms with Crippen LogP contribution in [0.4, 0.5) is 5.82 Å². The zero-order valence-electron chi connectivity index (χ0n) is 20.4. The van der Waals surface area contributed by atoms with Gasteiger partial charge in [-0.3, -0.25) is 0 Å². The van der Waals surface area contributed by atoms with Crippen LogP contribution in [0.15, 0.2) is 79.1 Å². The van der Waals surface area contributed by atoms with Crippen molar-refractivity contribution in [3.63, 3.8) is 0 Å². The van der Waals surface area contributed by atoms with Crippen molar-refractivity contribution in [2.24, 2.45) is 0 Å². The van der Waals surface area contributed by atoms with E-state index in [1.165, 1.54) is 0 Å². The van der Waals surface area contributed by atoms with E-state index in [1.54, 1.807) is 19.4 Å². The highest BCUT2D eigenvalue weighted by Gasteiger charge is 2.15. The molecule has 2 aromatic carbocycles. The number of imidazole rings is 1. The van der Waals surface area contributed by atoms with E-state index in [0.29, 0.717) is 23.2 Å². The molecule has 0 amide bonds. The van der Waals surface area contributed by atoms with Gasteiger partial charge in [0, 0.05) is 36.9 Å². The second-order valence-electron chi connectivity index (χ2n) is 8.53. The first-order valence-electron chi connectivity index (χ1n) is 11.5. The molecule has 0 fully saturated rings. The van der Waals surface area contributed by atoms with E-state index >= 15 is 0 Å². The minimum atomic E-state index is 0.279. The minimum absolute atomic E-state index is 0.279. The second-order valence-corrected chi connectivity index (χ2v) is 8.94. The lowest BCUT2D eigenvalue weighted by atomic mass is 10.1. The molecule has 0 spiro atoms. The molecule has 0 bridgehead atoms. The Bertz CT molecular complexity index is 1480. The van der Waals surface area contributed by atoms with Crippen LogP contribution in [-0.4, -0.2) is 40.7 Å². The van der Waals surface area contributed by atoms with Crippen molar-refractivity contribution >= 4 is 28.5 Å². The van der Waals surface area contributed by atoms with Gasteiger partial charge in [0.15, 0.2) is 0 Å². The first-order chi connectivity index (χ1) is 17.5. The maximum atomic E-state index is 6.52. The summed E-state index contributed by atoms with van der Waals surface area (Å²) < 4.78 is 13.3. The van der Waals surface area contributed by atoms with E-state index in [-0.39, 0.29) is 6.61 Å². The number of methoxy groups -OCH3 is 1. The van der Waals surface area contributed by atoms with Crippen LogP contribution in [0.5, 0.6) is 11.6 Å². The fourth-order valence-electron chi connectivity index (χ4n) is 3.98. The highest BCUT2D eigenvalue weighted by Crippen LogP contribution is 2.28. The molecule has 7 nitrogen and oxygen atoms in total. The molecule has 0 atom stereocenters. The standard InChI is InChI=1S/C28H26ClN5O2/c1-33(2)26-12-9-20(15-30-26)19-8-11-24-25(14-19)34(17-21-6-4-5-7-23(21)29)27(32-24)18-36-22-10-13-28(35-3)31-16-22/h4-16H,17-18H2,1-3H3. The summed E-state index contributed by atoms with van der Waals surface area (Å²) in [5, 5.41) is 0.713. The van der Waals surface area contributed by atoms with Crippen LogP contribution in [0.3, 0.4) is 0 Å². The molecule has 0 aliphatic carbocycles. The summed E-state index contributed by atoms with van der Waals surface area (Å²) >= 11 is 6.52. The monoisotopic (exact) mass is 499 g/mol. The lowest BCUT2D eigenvalue weighted by molar-refractivity contribution is 0.289. The molecule has 36 heavy (non-hydrogen) atoms. The third kappa shape index (κ3) is 4.97. The van der Waals surface area contributed by atoms with E-state index in [9.17, 15) is 0 Å². The van der Waals surface area contributed by atoms with Gasteiger partial charge in [0.25, 0.3) is 0 Å². The van der Waals surface area contributed by atoms with Crippen LogP contribution in [0.25, 0.3) is 22.2 Å². The van der Waals surface area contributed by atoms with Gasteiger partial charge in [-0.1, -0.05) is 35.9 Å². The molecule has 5 rings (SSSR count). The third-order valence-electron chi connectivity index (χ3n) is 5.94. The predicted octanol–water partition coefficient (Wildman–Crippen LogP) is 5.85. The molecule has 8 heteroatoms. The van der Waals surface area contributed by atoms with E-state index < -0.39 is 0 Å². The molecule has 3 heterocycles. The third-order valence-corrected chi connectivity index (χ3v) is 6.31. The van der Waals surface area contributed by atoms with Gasteiger partial charge in [-0.25, -0.2) is 15.0 Å². The zero-order valence-corrected chi connectivity index (χ0v) is 21.1. The van der Waals surface area contributed by atoms with Crippen LogP contribution >= 0.6 is 11.6 Å². The summed E-state index contributed by atoms with van der Waals surface area (Å²) in [6.45, 7) is 0.846. The molecule has 0 unspecified atom stereocenters. The van der Waals surface area contributed by atoms with Crippen molar-refractivity contribution in [2.45, 2.75) is 13.2 Å². The Morgan fingerprint density at radius 1 is 0.917 bits per heavy atom. The molecule has 0 radical (unpaired) electrons. The summed E-state index contributed by atoms with van der Waals surface area (Å²) in [5.74, 6) is 2.88. The summed E-state index contributed by atoms with van der Waals surface area (Å²) in [6.07, 6.45) is 3.54. The van der Waals surface area contributed by atoms with Crippen molar-refractivity contribution in [1.82, 2.24) is 19.5 Å². The van der Waals surface area contributed by atoms with Gasteiger partial charge in [0.05, 0.1) is 30.9 Å². The average molecular weight is 500 g/mol. The van der Waals surface area contributed by atoms with Gasteiger partial charge in [-0.2, -0.15) is 0 Å². The summed E-state index contributed by atoms with van der Waals surface area (Å²) in [5.41, 5.74) is 4.99. The molecule has 0 N–H and O–H groups in total. The smallest absolute Gasteiger partial charge is 0.213 e. The lowest BCUT2D eigenvalue weighted by Crippen LogP contribution is -2.10. The SMILES string of the molecule is COc1ccc(OCc2nc3ccc(-c4ccc(N(C)C)nc4)cc3n2Cc2ccccc2Cl)cn1. The van der Waals surface area contributed by atoms with Crippen LogP contribution in [-0.2, 0) is 13.2 Å². The van der Waals surface area contributed by atoms with Crippen LogP contribution in [0, 0.1) is 0 Å². The number of ether oxygens (including phenoxy) is 2. The number of fused-ring (bicyclic) bond motifs is 1. The van der Waals surface area contributed by atoms with Gasteiger partial charge >= 0.3 is 0 Å². The Hall–Kier alpha value is -4.10. The number of anilines is 1. The largest absolute Gasteiger partial charge is 0.484 e. The Kier molecular flexibility index (Phi) is 6.73. The summed E-state index contributed by atoms with van der Waals surface area (Å²) in [7, 11) is 5.54. The molecule has 0 saturated heterocycles. The lowest BCUT2D eigenvalue weighted by Gasteiger charge is -2.13. The van der Waals surface area contributed by atoms with Crippen molar-refractivity contribution < 1.29 is 9.47 Å². The molecule has 5 aromatic rings. The normalized spacial score (nSPS) is 11.0. The van der Waals surface area contributed by atoms with Gasteiger partial charge in [0.1, 0.15) is 24.0 Å². The number of hydrogen-bond acceptors (Lipinski definition) is 6.